The SMILES string of the molecule is NC1(CO)CCCc2cc(Cl)sc21. The van der Waals surface area contributed by atoms with Crippen LogP contribution in [0.3, 0.4) is 0 Å². The second-order valence-corrected chi connectivity index (χ2v) is 5.26. The number of aliphatic hydroxyl groups is 1. The molecule has 72 valence electrons. The summed E-state index contributed by atoms with van der Waals surface area (Å²) in [4.78, 5) is 1.08. The van der Waals surface area contributed by atoms with Crippen LogP contribution in [0.25, 0.3) is 0 Å². The standard InChI is InChI=1S/C9H12ClNOS/c10-7-4-6-2-1-3-9(11,5-12)8(6)13-7/h4,12H,1-3,5,11H2. The van der Waals surface area contributed by atoms with Gasteiger partial charge >= 0.3 is 0 Å². The molecule has 1 heterocycles. The molecule has 1 aliphatic carbocycles. The monoisotopic (exact) mass is 217 g/mol. The van der Waals surface area contributed by atoms with E-state index < -0.39 is 5.54 Å². The quantitative estimate of drug-likeness (QED) is 0.755. The van der Waals surface area contributed by atoms with Gasteiger partial charge in [0, 0.05) is 4.88 Å². The molecule has 1 aromatic heterocycles. The summed E-state index contributed by atoms with van der Waals surface area (Å²) in [5.41, 5.74) is 6.77. The number of hydrogen-bond donors (Lipinski definition) is 2. The minimum Gasteiger partial charge on any atom is -0.394 e. The summed E-state index contributed by atoms with van der Waals surface area (Å²) in [6.45, 7) is 0.0108. The second-order valence-electron chi connectivity index (χ2n) is 3.57. The Bertz CT molecular complexity index is 325. The average Bonchev–Trinajstić information content (AvgIpc) is 2.48. The molecule has 0 saturated heterocycles. The van der Waals surface area contributed by atoms with Gasteiger partial charge in [-0.3, -0.25) is 0 Å². The molecule has 0 aliphatic heterocycles. The number of halogens is 1. The van der Waals surface area contributed by atoms with Gasteiger partial charge in [-0.2, -0.15) is 0 Å². The Labute approximate surface area is 86.3 Å². The highest BCUT2D eigenvalue weighted by molar-refractivity contribution is 7.16. The van der Waals surface area contributed by atoms with Crippen LogP contribution >= 0.6 is 22.9 Å². The van der Waals surface area contributed by atoms with Gasteiger partial charge in [0.25, 0.3) is 0 Å². The molecule has 13 heavy (non-hydrogen) atoms. The number of aliphatic hydroxyl groups excluding tert-OH is 1. The van der Waals surface area contributed by atoms with E-state index in [4.69, 9.17) is 17.3 Å². The third-order valence-corrected chi connectivity index (χ3v) is 4.11. The zero-order chi connectivity index (χ0) is 9.47. The maximum atomic E-state index is 9.24. The average molecular weight is 218 g/mol. The van der Waals surface area contributed by atoms with Crippen molar-refractivity contribution >= 4 is 22.9 Å². The van der Waals surface area contributed by atoms with E-state index in [0.717, 1.165) is 28.5 Å². The third-order valence-electron chi connectivity index (χ3n) is 2.58. The molecular weight excluding hydrogens is 206 g/mol. The van der Waals surface area contributed by atoms with Crippen LogP contribution in [0, 0.1) is 0 Å². The Morgan fingerprint density at radius 2 is 2.46 bits per heavy atom. The molecule has 3 N–H and O–H groups in total. The highest BCUT2D eigenvalue weighted by Gasteiger charge is 2.33. The minimum absolute atomic E-state index is 0.0108. The Morgan fingerprint density at radius 3 is 3.15 bits per heavy atom. The lowest BCUT2D eigenvalue weighted by Gasteiger charge is -2.31. The van der Waals surface area contributed by atoms with Crippen LogP contribution < -0.4 is 5.73 Å². The van der Waals surface area contributed by atoms with Crippen molar-refractivity contribution in [2.24, 2.45) is 5.73 Å². The summed E-state index contributed by atoms with van der Waals surface area (Å²) in [6.07, 6.45) is 2.93. The summed E-state index contributed by atoms with van der Waals surface area (Å²) in [6, 6.07) is 1.97. The molecule has 1 atom stereocenters. The van der Waals surface area contributed by atoms with E-state index in [1.807, 2.05) is 6.07 Å². The van der Waals surface area contributed by atoms with E-state index in [1.54, 1.807) is 0 Å². The van der Waals surface area contributed by atoms with E-state index >= 15 is 0 Å². The van der Waals surface area contributed by atoms with Crippen LogP contribution in [0.15, 0.2) is 6.07 Å². The summed E-state index contributed by atoms with van der Waals surface area (Å²) in [5, 5.41) is 9.24. The van der Waals surface area contributed by atoms with Gasteiger partial charge in [-0.15, -0.1) is 11.3 Å². The first-order valence-corrected chi connectivity index (χ1v) is 5.53. The molecule has 1 unspecified atom stereocenters. The van der Waals surface area contributed by atoms with Gasteiger partial charge in [0.2, 0.25) is 0 Å². The molecule has 2 rings (SSSR count). The van der Waals surface area contributed by atoms with Crippen molar-refractivity contribution in [3.63, 3.8) is 0 Å². The van der Waals surface area contributed by atoms with E-state index in [9.17, 15) is 5.11 Å². The highest BCUT2D eigenvalue weighted by Crippen LogP contribution is 2.40. The molecule has 0 saturated carbocycles. The predicted molar refractivity (Wildman–Crippen MR) is 55.2 cm³/mol. The van der Waals surface area contributed by atoms with Gasteiger partial charge in [-0.25, -0.2) is 0 Å². The van der Waals surface area contributed by atoms with Crippen molar-refractivity contribution in [2.75, 3.05) is 6.61 Å². The van der Waals surface area contributed by atoms with Gasteiger partial charge in [0.15, 0.2) is 0 Å². The number of rotatable bonds is 1. The molecule has 0 spiro atoms. The Kier molecular flexibility index (Phi) is 2.36. The van der Waals surface area contributed by atoms with Crippen molar-refractivity contribution in [3.05, 3.63) is 20.8 Å². The van der Waals surface area contributed by atoms with Crippen molar-refractivity contribution in [1.82, 2.24) is 0 Å². The second kappa shape index (κ2) is 3.24. The maximum absolute atomic E-state index is 9.24. The highest BCUT2D eigenvalue weighted by atomic mass is 35.5. The van der Waals surface area contributed by atoms with Crippen LogP contribution in [-0.2, 0) is 12.0 Å². The first kappa shape index (κ1) is 9.46. The van der Waals surface area contributed by atoms with Gasteiger partial charge in [0.05, 0.1) is 16.5 Å². The minimum atomic E-state index is -0.536. The summed E-state index contributed by atoms with van der Waals surface area (Å²) in [7, 11) is 0. The zero-order valence-electron chi connectivity index (χ0n) is 7.22. The predicted octanol–water partition coefficient (Wildman–Crippen LogP) is 1.88. The molecule has 0 bridgehead atoms. The van der Waals surface area contributed by atoms with Crippen LogP contribution in [-0.4, -0.2) is 11.7 Å². The molecule has 1 aliphatic rings. The summed E-state index contributed by atoms with van der Waals surface area (Å²) in [5.74, 6) is 0. The maximum Gasteiger partial charge on any atom is 0.0934 e. The van der Waals surface area contributed by atoms with Crippen molar-refractivity contribution < 1.29 is 5.11 Å². The smallest absolute Gasteiger partial charge is 0.0934 e. The molecular formula is C9H12ClNOS. The number of aryl methyl sites for hydroxylation is 1. The van der Waals surface area contributed by atoms with E-state index in [1.165, 1.54) is 16.9 Å². The van der Waals surface area contributed by atoms with Crippen LogP contribution in [0.5, 0.6) is 0 Å². The van der Waals surface area contributed by atoms with E-state index in [0.29, 0.717) is 0 Å². The zero-order valence-corrected chi connectivity index (χ0v) is 8.79. The number of fused-ring (bicyclic) bond motifs is 1. The molecule has 1 aromatic rings. The topological polar surface area (TPSA) is 46.2 Å². The van der Waals surface area contributed by atoms with Crippen LogP contribution in [0.2, 0.25) is 4.34 Å². The lowest BCUT2D eigenvalue weighted by Crippen LogP contribution is -2.42. The van der Waals surface area contributed by atoms with Crippen molar-refractivity contribution in [2.45, 2.75) is 24.8 Å². The van der Waals surface area contributed by atoms with Gasteiger partial charge in [-0.05, 0) is 30.9 Å². The Hall–Kier alpha value is -0.0900. The van der Waals surface area contributed by atoms with Crippen LogP contribution in [0.1, 0.15) is 23.3 Å². The summed E-state index contributed by atoms with van der Waals surface area (Å²) < 4.78 is 0.773. The molecule has 0 fully saturated rings. The Balaban J connectivity index is 2.47. The van der Waals surface area contributed by atoms with Crippen molar-refractivity contribution in [1.29, 1.82) is 0 Å². The fourth-order valence-electron chi connectivity index (χ4n) is 1.86. The molecule has 0 radical (unpaired) electrons. The van der Waals surface area contributed by atoms with Crippen LogP contribution in [0.4, 0.5) is 0 Å². The molecule has 0 aromatic carbocycles. The van der Waals surface area contributed by atoms with E-state index in [-0.39, 0.29) is 6.61 Å². The van der Waals surface area contributed by atoms with Gasteiger partial charge in [0.1, 0.15) is 0 Å². The lowest BCUT2D eigenvalue weighted by atomic mass is 9.84. The largest absolute Gasteiger partial charge is 0.394 e. The van der Waals surface area contributed by atoms with Gasteiger partial charge in [-0.1, -0.05) is 11.6 Å². The molecule has 4 heteroatoms. The number of hydrogen-bond acceptors (Lipinski definition) is 3. The van der Waals surface area contributed by atoms with E-state index in [2.05, 4.69) is 0 Å². The molecule has 2 nitrogen and oxygen atoms in total. The number of thiophene rings is 1. The Morgan fingerprint density at radius 1 is 1.69 bits per heavy atom. The first-order chi connectivity index (χ1) is 6.15. The lowest BCUT2D eigenvalue weighted by molar-refractivity contribution is 0.182. The van der Waals surface area contributed by atoms with Gasteiger partial charge < -0.3 is 10.8 Å². The van der Waals surface area contributed by atoms with Crippen molar-refractivity contribution in [3.8, 4) is 0 Å². The normalized spacial score (nSPS) is 27.3. The molecule has 0 amide bonds. The fraction of sp³-hybridized carbons (Fsp3) is 0.556. The first-order valence-electron chi connectivity index (χ1n) is 4.34. The summed E-state index contributed by atoms with van der Waals surface area (Å²) >= 11 is 7.42. The fourth-order valence-corrected chi connectivity index (χ4v) is 3.28. The third kappa shape index (κ3) is 1.50. The number of nitrogens with two attached hydrogens (primary N) is 1.